The molecular formula is C21H18BrClF3N3O2. The third kappa shape index (κ3) is 5.10. The highest BCUT2D eigenvalue weighted by atomic mass is 79.9. The van der Waals surface area contributed by atoms with Crippen LogP contribution in [0.2, 0.25) is 5.02 Å². The van der Waals surface area contributed by atoms with E-state index < -0.39 is 22.2 Å². The van der Waals surface area contributed by atoms with E-state index in [0.717, 1.165) is 16.6 Å². The zero-order valence-corrected chi connectivity index (χ0v) is 18.9. The zero-order chi connectivity index (χ0) is 23.0. The molecule has 1 atom stereocenters. The summed E-state index contributed by atoms with van der Waals surface area (Å²) in [6.45, 7) is 3.01. The van der Waals surface area contributed by atoms with Crippen molar-refractivity contribution in [1.82, 2.24) is 5.01 Å². The number of carbonyl (C=O) groups is 2. The Balaban J connectivity index is 1.85. The molecule has 0 spiro atoms. The van der Waals surface area contributed by atoms with Crippen LogP contribution >= 0.6 is 27.5 Å². The third-order valence-corrected chi connectivity index (χ3v) is 5.88. The van der Waals surface area contributed by atoms with Crippen molar-refractivity contribution in [3.63, 3.8) is 0 Å². The van der Waals surface area contributed by atoms with E-state index in [4.69, 9.17) is 11.6 Å². The van der Waals surface area contributed by atoms with Crippen LogP contribution in [-0.4, -0.2) is 35.5 Å². The van der Waals surface area contributed by atoms with Crippen LogP contribution in [0.1, 0.15) is 25.0 Å². The van der Waals surface area contributed by atoms with Gasteiger partial charge in [0, 0.05) is 15.7 Å². The summed E-state index contributed by atoms with van der Waals surface area (Å²) < 4.78 is 39.9. The Hall–Kier alpha value is -2.39. The molecule has 31 heavy (non-hydrogen) atoms. The average Bonchev–Trinajstić information content (AvgIpc) is 3.00. The molecule has 3 rings (SSSR count). The Labute approximate surface area is 190 Å². The van der Waals surface area contributed by atoms with Gasteiger partial charge in [-0.3, -0.25) is 14.6 Å². The molecule has 164 valence electrons. The molecule has 1 unspecified atom stereocenters. The summed E-state index contributed by atoms with van der Waals surface area (Å²) in [6.07, 6.45) is -4.59. The Morgan fingerprint density at radius 2 is 1.87 bits per heavy atom. The molecule has 1 N–H and O–H groups in total. The van der Waals surface area contributed by atoms with Crippen molar-refractivity contribution in [2.24, 2.45) is 10.5 Å². The number of hydrogen-bond donors (Lipinski definition) is 1. The quantitative estimate of drug-likeness (QED) is 0.581. The van der Waals surface area contributed by atoms with E-state index in [0.29, 0.717) is 11.3 Å². The van der Waals surface area contributed by atoms with Crippen LogP contribution < -0.4 is 5.32 Å². The third-order valence-electron chi connectivity index (χ3n) is 5.04. The molecule has 0 saturated carbocycles. The van der Waals surface area contributed by atoms with Crippen molar-refractivity contribution in [3.05, 3.63) is 63.1 Å². The molecule has 1 heterocycles. The number of ketones is 1. The first kappa shape index (κ1) is 23.3. The average molecular weight is 517 g/mol. The maximum atomic E-state index is 13.0. The van der Waals surface area contributed by atoms with Gasteiger partial charge in [0.15, 0.2) is 0 Å². The van der Waals surface area contributed by atoms with Gasteiger partial charge in [-0.1, -0.05) is 33.6 Å². The summed E-state index contributed by atoms with van der Waals surface area (Å²) >= 11 is 9.16. The van der Waals surface area contributed by atoms with Gasteiger partial charge in [-0.2, -0.15) is 18.3 Å². The van der Waals surface area contributed by atoms with Gasteiger partial charge in [0.05, 0.1) is 28.3 Å². The number of halogens is 5. The predicted molar refractivity (Wildman–Crippen MR) is 116 cm³/mol. The molecule has 1 amide bonds. The number of rotatable bonds is 5. The molecule has 10 heteroatoms. The van der Waals surface area contributed by atoms with Crippen LogP contribution in [0.3, 0.4) is 0 Å². The van der Waals surface area contributed by atoms with E-state index in [-0.39, 0.29) is 30.5 Å². The molecule has 2 aromatic carbocycles. The van der Waals surface area contributed by atoms with Gasteiger partial charge in [-0.25, -0.2) is 0 Å². The van der Waals surface area contributed by atoms with Crippen LogP contribution in [0.15, 0.2) is 52.0 Å². The fourth-order valence-electron chi connectivity index (χ4n) is 3.26. The monoisotopic (exact) mass is 515 g/mol. The molecule has 0 fully saturated rings. The fraction of sp³-hybridized carbons (Fsp3) is 0.286. The van der Waals surface area contributed by atoms with E-state index in [9.17, 15) is 22.8 Å². The van der Waals surface area contributed by atoms with Crippen molar-refractivity contribution >= 4 is 50.6 Å². The van der Waals surface area contributed by atoms with Crippen LogP contribution in [-0.2, 0) is 15.8 Å². The molecule has 0 aromatic heterocycles. The SMILES string of the molecule is CC(=O)C1(C)CN(CC(=O)Nc2ccc(Br)cc2)N=C1c1ccc(C(F)(F)F)c(Cl)c1. The lowest BCUT2D eigenvalue weighted by molar-refractivity contribution is -0.137. The maximum Gasteiger partial charge on any atom is 0.417 e. The van der Waals surface area contributed by atoms with Crippen molar-refractivity contribution in [2.75, 3.05) is 18.4 Å². The second kappa shape index (κ2) is 8.63. The van der Waals surface area contributed by atoms with Crippen LogP contribution in [0.4, 0.5) is 18.9 Å². The minimum Gasteiger partial charge on any atom is -0.324 e. The van der Waals surface area contributed by atoms with Crippen molar-refractivity contribution in [3.8, 4) is 0 Å². The van der Waals surface area contributed by atoms with E-state index in [1.807, 2.05) is 0 Å². The number of Topliss-reactive ketones (excluding diaryl/α,β-unsaturated/α-hetero) is 1. The van der Waals surface area contributed by atoms with Crippen molar-refractivity contribution in [1.29, 1.82) is 0 Å². The number of nitrogens with one attached hydrogen (secondary N) is 1. The van der Waals surface area contributed by atoms with Crippen molar-refractivity contribution < 1.29 is 22.8 Å². The first-order valence-corrected chi connectivity index (χ1v) is 10.3. The highest BCUT2D eigenvalue weighted by Crippen LogP contribution is 2.38. The van der Waals surface area contributed by atoms with Gasteiger partial charge in [-0.15, -0.1) is 0 Å². The number of hydrogen-bond acceptors (Lipinski definition) is 4. The predicted octanol–water partition coefficient (Wildman–Crippen LogP) is 5.38. The Kier molecular flexibility index (Phi) is 6.48. The number of alkyl halides is 3. The second-order valence-corrected chi connectivity index (χ2v) is 8.73. The molecule has 0 bridgehead atoms. The largest absolute Gasteiger partial charge is 0.417 e. The van der Waals surface area contributed by atoms with Gasteiger partial charge < -0.3 is 5.32 Å². The smallest absolute Gasteiger partial charge is 0.324 e. The van der Waals surface area contributed by atoms with Crippen LogP contribution in [0.25, 0.3) is 0 Å². The summed E-state index contributed by atoms with van der Waals surface area (Å²) in [7, 11) is 0. The molecule has 2 aromatic rings. The van der Waals surface area contributed by atoms with E-state index in [2.05, 4.69) is 26.3 Å². The molecule has 0 radical (unpaired) electrons. The first-order chi connectivity index (χ1) is 14.4. The van der Waals surface area contributed by atoms with Crippen LogP contribution in [0.5, 0.6) is 0 Å². The van der Waals surface area contributed by atoms with Gasteiger partial charge in [0.2, 0.25) is 5.91 Å². The van der Waals surface area contributed by atoms with Gasteiger partial charge in [-0.05, 0) is 50.2 Å². The summed E-state index contributed by atoms with van der Waals surface area (Å²) in [5.41, 5.74) is -0.896. The normalized spacial score (nSPS) is 18.7. The summed E-state index contributed by atoms with van der Waals surface area (Å²) in [4.78, 5) is 24.8. The number of anilines is 1. The zero-order valence-electron chi connectivity index (χ0n) is 16.6. The summed E-state index contributed by atoms with van der Waals surface area (Å²) in [6, 6.07) is 10.3. The fourth-order valence-corrected chi connectivity index (χ4v) is 3.82. The lowest BCUT2D eigenvalue weighted by Crippen LogP contribution is -2.39. The molecule has 1 aliphatic heterocycles. The lowest BCUT2D eigenvalue weighted by atomic mass is 9.79. The van der Waals surface area contributed by atoms with Gasteiger partial charge >= 0.3 is 6.18 Å². The minimum absolute atomic E-state index is 0.115. The molecule has 0 aliphatic carbocycles. The first-order valence-electron chi connectivity index (χ1n) is 9.18. The number of nitrogens with zero attached hydrogens (tertiary/aromatic N) is 2. The van der Waals surface area contributed by atoms with Crippen molar-refractivity contribution in [2.45, 2.75) is 20.0 Å². The van der Waals surface area contributed by atoms with E-state index >= 15 is 0 Å². The second-order valence-electron chi connectivity index (χ2n) is 7.41. The van der Waals surface area contributed by atoms with E-state index in [1.54, 1.807) is 31.2 Å². The molecule has 1 aliphatic rings. The standard InChI is InChI=1S/C21H18BrClF3N3O2/c1-12(30)20(2)11-29(10-18(31)27-15-6-4-14(22)5-7-15)28-19(20)13-3-8-16(17(23)9-13)21(24,25)26/h3-9H,10-11H2,1-2H3,(H,27,31). The Morgan fingerprint density at radius 1 is 1.23 bits per heavy atom. The molecule has 0 saturated heterocycles. The maximum absolute atomic E-state index is 13.0. The number of hydrazone groups is 1. The highest BCUT2D eigenvalue weighted by Gasteiger charge is 2.44. The summed E-state index contributed by atoms with van der Waals surface area (Å²) in [5, 5.41) is 8.07. The van der Waals surface area contributed by atoms with Gasteiger partial charge in [0.1, 0.15) is 12.3 Å². The number of carbonyl (C=O) groups excluding carboxylic acids is 2. The van der Waals surface area contributed by atoms with Gasteiger partial charge in [0.25, 0.3) is 0 Å². The number of amides is 1. The lowest BCUT2D eigenvalue weighted by Gasteiger charge is -2.24. The Bertz CT molecular complexity index is 1060. The highest BCUT2D eigenvalue weighted by molar-refractivity contribution is 9.10. The summed E-state index contributed by atoms with van der Waals surface area (Å²) in [5.74, 6) is -0.568. The minimum atomic E-state index is -4.59. The van der Waals surface area contributed by atoms with Crippen LogP contribution in [0, 0.1) is 5.41 Å². The van der Waals surface area contributed by atoms with E-state index in [1.165, 1.54) is 18.0 Å². The topological polar surface area (TPSA) is 61.8 Å². The molecular weight excluding hydrogens is 499 g/mol. The number of benzene rings is 2. The Morgan fingerprint density at radius 3 is 2.42 bits per heavy atom. The molecule has 5 nitrogen and oxygen atoms in total.